The van der Waals surface area contributed by atoms with Gasteiger partial charge >= 0.3 is 0 Å². The van der Waals surface area contributed by atoms with Gasteiger partial charge in [-0.2, -0.15) is 0 Å². The maximum absolute atomic E-state index is 14.3. The molecule has 0 amide bonds. The summed E-state index contributed by atoms with van der Waals surface area (Å²) in [6, 6.07) is 2.95. The number of rotatable bonds is 5. The van der Waals surface area contributed by atoms with Gasteiger partial charge in [0, 0.05) is 24.2 Å². The van der Waals surface area contributed by atoms with E-state index < -0.39 is 69.0 Å². The summed E-state index contributed by atoms with van der Waals surface area (Å²) in [5, 5.41) is 22.8. The zero-order valence-corrected chi connectivity index (χ0v) is 24.6. The minimum atomic E-state index is -2.72. The summed E-state index contributed by atoms with van der Waals surface area (Å²) in [6.07, 6.45) is 0.479. The van der Waals surface area contributed by atoms with Crippen LogP contribution in [0.15, 0.2) is 12.1 Å². The maximum atomic E-state index is 14.3. The number of phenols is 1. The van der Waals surface area contributed by atoms with Crippen molar-refractivity contribution in [3.63, 3.8) is 0 Å². The largest absolute Gasteiger partial charge is 0.507 e. The van der Waals surface area contributed by atoms with Crippen molar-refractivity contribution in [2.75, 3.05) is 0 Å². The van der Waals surface area contributed by atoms with Crippen molar-refractivity contribution in [3.05, 3.63) is 28.8 Å². The van der Waals surface area contributed by atoms with Gasteiger partial charge in [0.25, 0.3) is 0 Å². The van der Waals surface area contributed by atoms with Crippen LogP contribution < -0.4 is 0 Å². The molecule has 0 heterocycles. The molecule has 0 spiro atoms. The Labute approximate surface area is 234 Å². The molecule has 3 aliphatic carbocycles. The molecular formula is C32H40O8. The molecule has 3 unspecified atom stereocenters. The van der Waals surface area contributed by atoms with Crippen LogP contribution >= 0.6 is 0 Å². The van der Waals surface area contributed by atoms with Crippen molar-refractivity contribution in [2.24, 2.45) is 39.9 Å². The lowest BCUT2D eigenvalue weighted by Gasteiger charge is -2.61. The first-order valence-electron chi connectivity index (χ1n) is 14.0. The van der Waals surface area contributed by atoms with E-state index in [2.05, 4.69) is 0 Å². The fourth-order valence-corrected chi connectivity index (χ4v) is 8.23. The highest BCUT2D eigenvalue weighted by molar-refractivity contribution is 6.32. The second kappa shape index (κ2) is 9.26. The molecule has 6 atom stereocenters. The van der Waals surface area contributed by atoms with E-state index in [-0.39, 0.29) is 41.8 Å². The summed E-state index contributed by atoms with van der Waals surface area (Å²) in [5.41, 5.74) is -4.66. The molecule has 8 heteroatoms. The van der Waals surface area contributed by atoms with Crippen molar-refractivity contribution >= 4 is 34.7 Å². The van der Waals surface area contributed by atoms with Gasteiger partial charge in [0.1, 0.15) is 23.2 Å². The number of hydrogen-bond acceptors (Lipinski definition) is 8. The Hall–Kier alpha value is -3.00. The number of phenolic OH excluding ortho intramolecular Hbond substituents is 1. The van der Waals surface area contributed by atoms with Gasteiger partial charge in [-0.05, 0) is 53.7 Å². The number of hydrogen-bond donors (Lipinski definition) is 2. The van der Waals surface area contributed by atoms with E-state index in [9.17, 15) is 39.0 Å². The van der Waals surface area contributed by atoms with E-state index in [0.29, 0.717) is 17.5 Å². The number of carbonyl (C=O) groups is 6. The number of aromatic hydroxyl groups is 1. The van der Waals surface area contributed by atoms with E-state index in [1.165, 1.54) is 6.07 Å². The Morgan fingerprint density at radius 1 is 1.05 bits per heavy atom. The van der Waals surface area contributed by atoms with Crippen molar-refractivity contribution in [3.8, 4) is 5.75 Å². The molecule has 1 aromatic carbocycles. The Morgan fingerprint density at radius 2 is 1.65 bits per heavy atom. The number of carbonyl (C=O) groups excluding carboxylic acids is 6. The molecule has 0 bridgehead atoms. The van der Waals surface area contributed by atoms with Crippen LogP contribution in [0.4, 0.5) is 0 Å². The summed E-state index contributed by atoms with van der Waals surface area (Å²) in [5.74, 6) is -9.29. The van der Waals surface area contributed by atoms with E-state index in [0.717, 1.165) is 6.92 Å². The smallest absolute Gasteiger partial charge is 0.190 e. The van der Waals surface area contributed by atoms with Gasteiger partial charge in [-0.25, -0.2) is 0 Å². The third kappa shape index (κ3) is 4.13. The van der Waals surface area contributed by atoms with Crippen molar-refractivity contribution in [2.45, 2.75) is 86.7 Å². The fourth-order valence-electron chi connectivity index (χ4n) is 8.23. The lowest BCUT2D eigenvalue weighted by atomic mass is 9.40. The molecule has 216 valence electrons. The highest BCUT2D eigenvalue weighted by Gasteiger charge is 2.76. The van der Waals surface area contributed by atoms with Gasteiger partial charge in [-0.3, -0.25) is 28.8 Å². The van der Waals surface area contributed by atoms with Gasteiger partial charge < -0.3 is 10.2 Å². The number of Topliss-reactive ketones (excluding diaryl/α,β-unsaturated/α-hetero) is 6. The summed E-state index contributed by atoms with van der Waals surface area (Å²) < 4.78 is 0. The third-order valence-electron chi connectivity index (χ3n) is 9.47. The van der Waals surface area contributed by atoms with E-state index in [1.54, 1.807) is 33.8 Å². The molecule has 8 nitrogen and oxygen atoms in total. The van der Waals surface area contributed by atoms with Gasteiger partial charge in [0.2, 0.25) is 0 Å². The Bertz CT molecular complexity index is 1360. The molecule has 3 aliphatic rings. The van der Waals surface area contributed by atoms with E-state index in [4.69, 9.17) is 0 Å². The summed E-state index contributed by atoms with van der Waals surface area (Å²) >= 11 is 0. The minimum absolute atomic E-state index is 0.0198. The standard InChI is InChI=1S/C32H40O8/c1-15(2)23-25(36)21(16(3)33)27(38)32(40)28(39)24-26(37)22-19(13-30(24,7)14-31(23,32)8)17(9-10-20(22)35)11-18(34)12-29(4,5)6/h9-10,15,21,23-24,35,40H,11-14H2,1-8H3/t21?,23?,24?,30-,31-,32+/m1/s1. The quantitative estimate of drug-likeness (QED) is 0.527. The number of aliphatic hydroxyl groups is 1. The molecule has 40 heavy (non-hydrogen) atoms. The molecule has 0 aliphatic heterocycles. The lowest BCUT2D eigenvalue weighted by molar-refractivity contribution is -0.205. The highest BCUT2D eigenvalue weighted by atomic mass is 16.3. The lowest BCUT2D eigenvalue weighted by Crippen LogP contribution is -2.76. The van der Waals surface area contributed by atoms with Crippen LogP contribution in [0.2, 0.25) is 0 Å². The normalized spacial score (nSPS) is 33.9. The summed E-state index contributed by atoms with van der Waals surface area (Å²) in [7, 11) is 0. The first-order chi connectivity index (χ1) is 18.2. The SMILES string of the molecule is CC(=O)C1C(=O)C(C(C)C)[C@@]2(C)C[C@@]3(C)Cc4c(CC(=O)CC(C)(C)C)ccc(O)c4C(=O)C3C(=O)[C@@]2(O)C1=O. The predicted octanol–water partition coefficient (Wildman–Crippen LogP) is 3.64. The molecule has 0 radical (unpaired) electrons. The van der Waals surface area contributed by atoms with Crippen molar-refractivity contribution < 1.29 is 39.0 Å². The predicted molar refractivity (Wildman–Crippen MR) is 146 cm³/mol. The molecule has 2 N–H and O–H groups in total. The topological polar surface area (TPSA) is 143 Å². The number of benzene rings is 1. The molecule has 1 aromatic rings. The van der Waals surface area contributed by atoms with Gasteiger partial charge in [-0.1, -0.05) is 54.5 Å². The van der Waals surface area contributed by atoms with Crippen LogP contribution in [0.25, 0.3) is 0 Å². The molecule has 0 aromatic heterocycles. The molecule has 4 rings (SSSR count). The summed E-state index contributed by atoms with van der Waals surface area (Å²) in [4.78, 5) is 81.0. The Balaban J connectivity index is 1.90. The zero-order valence-electron chi connectivity index (χ0n) is 24.6. The van der Waals surface area contributed by atoms with Crippen molar-refractivity contribution in [1.82, 2.24) is 0 Å². The Morgan fingerprint density at radius 3 is 2.17 bits per heavy atom. The highest BCUT2D eigenvalue weighted by Crippen LogP contribution is 2.63. The fraction of sp³-hybridized carbons (Fsp3) is 0.625. The monoisotopic (exact) mass is 552 g/mol. The second-order valence-electron chi connectivity index (χ2n) is 14.4. The average Bonchev–Trinajstić information content (AvgIpc) is 2.76. The van der Waals surface area contributed by atoms with Gasteiger partial charge in [-0.15, -0.1) is 0 Å². The number of ketones is 6. The van der Waals surface area contributed by atoms with Crippen LogP contribution in [-0.4, -0.2) is 50.5 Å². The second-order valence-corrected chi connectivity index (χ2v) is 14.4. The molecule has 2 fully saturated rings. The van der Waals surface area contributed by atoms with Gasteiger partial charge in [0.05, 0.1) is 11.5 Å². The average molecular weight is 553 g/mol. The van der Waals surface area contributed by atoms with Crippen molar-refractivity contribution in [1.29, 1.82) is 0 Å². The summed E-state index contributed by atoms with van der Waals surface area (Å²) in [6.45, 7) is 13.7. The van der Waals surface area contributed by atoms with Crippen LogP contribution in [0.3, 0.4) is 0 Å². The molecule has 2 saturated carbocycles. The first-order valence-corrected chi connectivity index (χ1v) is 14.0. The Kier molecular flexibility index (Phi) is 6.94. The zero-order chi connectivity index (χ0) is 30.3. The van der Waals surface area contributed by atoms with Crippen LogP contribution in [0.5, 0.6) is 5.75 Å². The van der Waals surface area contributed by atoms with E-state index in [1.807, 2.05) is 20.8 Å². The molecule has 0 saturated heterocycles. The maximum Gasteiger partial charge on any atom is 0.190 e. The van der Waals surface area contributed by atoms with Gasteiger partial charge in [0.15, 0.2) is 28.7 Å². The van der Waals surface area contributed by atoms with Crippen LogP contribution in [-0.2, 0) is 36.8 Å². The third-order valence-corrected chi connectivity index (χ3v) is 9.47. The first kappa shape index (κ1) is 30.0. The van der Waals surface area contributed by atoms with Crippen LogP contribution in [0, 0.1) is 39.9 Å². The van der Waals surface area contributed by atoms with Crippen LogP contribution in [0.1, 0.15) is 89.7 Å². The molecular weight excluding hydrogens is 512 g/mol. The minimum Gasteiger partial charge on any atom is -0.507 e. The number of fused-ring (bicyclic) bond motifs is 3. The van der Waals surface area contributed by atoms with E-state index >= 15 is 0 Å².